The van der Waals surface area contributed by atoms with Gasteiger partial charge in [-0.15, -0.1) is 0 Å². The molecule has 1 saturated carbocycles. The molecule has 0 bridgehead atoms. The largest absolute Gasteiger partial charge is 0.314 e. The lowest BCUT2D eigenvalue weighted by Gasteiger charge is -2.26. The maximum absolute atomic E-state index is 6.28. The van der Waals surface area contributed by atoms with E-state index >= 15 is 0 Å². The quantitative estimate of drug-likeness (QED) is 0.783. The second-order valence-corrected chi connectivity index (χ2v) is 5.82. The van der Waals surface area contributed by atoms with Crippen molar-refractivity contribution in [3.8, 4) is 0 Å². The van der Waals surface area contributed by atoms with Gasteiger partial charge in [0.25, 0.3) is 0 Å². The van der Waals surface area contributed by atoms with Gasteiger partial charge in [0, 0.05) is 11.1 Å². The van der Waals surface area contributed by atoms with E-state index in [1.807, 2.05) is 0 Å². The van der Waals surface area contributed by atoms with Gasteiger partial charge in [-0.3, -0.25) is 0 Å². The minimum atomic E-state index is 0.622. The van der Waals surface area contributed by atoms with E-state index < -0.39 is 0 Å². The number of rotatable bonds is 3. The minimum Gasteiger partial charge on any atom is -0.314 e. The van der Waals surface area contributed by atoms with Crippen LogP contribution in [0, 0.1) is 6.92 Å². The van der Waals surface area contributed by atoms with Crippen molar-refractivity contribution in [2.45, 2.75) is 57.9 Å². The van der Waals surface area contributed by atoms with E-state index in [0.717, 1.165) is 11.6 Å². The van der Waals surface area contributed by atoms with Crippen LogP contribution >= 0.6 is 11.6 Å². The summed E-state index contributed by atoms with van der Waals surface area (Å²) in [5.74, 6) is 0.630. The molecule has 1 aromatic rings. The second-order valence-electron chi connectivity index (χ2n) is 5.42. The van der Waals surface area contributed by atoms with Gasteiger partial charge in [-0.25, -0.2) is 0 Å². The molecule has 1 nitrogen and oxygen atoms in total. The summed E-state index contributed by atoms with van der Waals surface area (Å²) in [5, 5.41) is 4.57. The predicted octanol–water partition coefficient (Wildman–Crippen LogP) is 4.67. The molecule has 0 aromatic heterocycles. The molecule has 100 valence electrons. The maximum atomic E-state index is 6.28. The van der Waals surface area contributed by atoms with Crippen molar-refractivity contribution in [2.75, 3.05) is 6.54 Å². The number of nitrogens with one attached hydrogen (secondary N) is 1. The third-order valence-corrected chi connectivity index (χ3v) is 4.51. The van der Waals surface area contributed by atoms with Crippen LogP contribution in [0.3, 0.4) is 0 Å². The van der Waals surface area contributed by atoms with Gasteiger partial charge in [-0.05, 0) is 49.4 Å². The predicted molar refractivity (Wildman–Crippen MR) is 79.5 cm³/mol. The standard InChI is InChI=1S/C16H24ClN/c1-3-18-16-8-6-4-5-7-14(16)13-10-9-12(2)15(17)11-13/h9-11,14,16,18H,3-8H2,1-2H3. The molecule has 0 spiro atoms. The molecule has 2 rings (SSSR count). The van der Waals surface area contributed by atoms with Crippen LogP contribution < -0.4 is 5.32 Å². The summed E-state index contributed by atoms with van der Waals surface area (Å²) in [6.07, 6.45) is 6.66. The summed E-state index contributed by atoms with van der Waals surface area (Å²) < 4.78 is 0. The number of hydrogen-bond donors (Lipinski definition) is 1. The van der Waals surface area contributed by atoms with Crippen molar-refractivity contribution < 1.29 is 0 Å². The molecule has 2 atom stereocenters. The topological polar surface area (TPSA) is 12.0 Å². The zero-order chi connectivity index (χ0) is 13.0. The highest BCUT2D eigenvalue weighted by Gasteiger charge is 2.24. The monoisotopic (exact) mass is 265 g/mol. The van der Waals surface area contributed by atoms with E-state index in [-0.39, 0.29) is 0 Å². The molecule has 1 N–H and O–H groups in total. The fourth-order valence-electron chi connectivity index (χ4n) is 3.05. The van der Waals surface area contributed by atoms with Crippen LogP contribution in [0.25, 0.3) is 0 Å². The Morgan fingerprint density at radius 3 is 2.72 bits per heavy atom. The first-order chi connectivity index (χ1) is 8.72. The van der Waals surface area contributed by atoms with Gasteiger partial charge in [0.05, 0.1) is 0 Å². The highest BCUT2D eigenvalue weighted by Crippen LogP contribution is 2.33. The van der Waals surface area contributed by atoms with Crippen LogP contribution in [0.1, 0.15) is 56.1 Å². The molecule has 2 unspecified atom stereocenters. The van der Waals surface area contributed by atoms with Crippen LogP contribution in [-0.4, -0.2) is 12.6 Å². The lowest BCUT2D eigenvalue weighted by Crippen LogP contribution is -2.34. The van der Waals surface area contributed by atoms with Crippen molar-refractivity contribution in [1.82, 2.24) is 5.32 Å². The summed E-state index contributed by atoms with van der Waals surface area (Å²) >= 11 is 6.28. The minimum absolute atomic E-state index is 0.622. The van der Waals surface area contributed by atoms with Gasteiger partial charge >= 0.3 is 0 Å². The zero-order valence-corrected chi connectivity index (χ0v) is 12.3. The summed E-state index contributed by atoms with van der Waals surface area (Å²) in [5.41, 5.74) is 2.59. The molecule has 1 fully saturated rings. The van der Waals surface area contributed by atoms with Gasteiger partial charge in [0.15, 0.2) is 0 Å². The van der Waals surface area contributed by atoms with Gasteiger partial charge in [-0.2, -0.15) is 0 Å². The van der Waals surface area contributed by atoms with Crippen LogP contribution in [0.5, 0.6) is 0 Å². The molecule has 1 aliphatic carbocycles. The number of hydrogen-bond acceptors (Lipinski definition) is 1. The molecule has 0 amide bonds. The Morgan fingerprint density at radius 1 is 1.22 bits per heavy atom. The fourth-order valence-corrected chi connectivity index (χ4v) is 3.24. The third kappa shape index (κ3) is 3.27. The first kappa shape index (κ1) is 13.9. The SMILES string of the molecule is CCNC1CCCCCC1c1ccc(C)c(Cl)c1. The first-order valence-corrected chi connectivity index (χ1v) is 7.59. The molecular weight excluding hydrogens is 242 g/mol. The molecular formula is C16H24ClN. The van der Waals surface area contributed by atoms with Crippen molar-refractivity contribution >= 4 is 11.6 Å². The van der Waals surface area contributed by atoms with E-state index in [2.05, 4.69) is 37.4 Å². The third-order valence-electron chi connectivity index (χ3n) is 4.11. The van der Waals surface area contributed by atoms with E-state index in [0.29, 0.717) is 12.0 Å². The fraction of sp³-hybridized carbons (Fsp3) is 0.625. The van der Waals surface area contributed by atoms with Gasteiger partial charge < -0.3 is 5.32 Å². The molecule has 0 aliphatic heterocycles. The van der Waals surface area contributed by atoms with Gasteiger partial charge in [0.1, 0.15) is 0 Å². The van der Waals surface area contributed by atoms with Crippen LogP contribution in [0.15, 0.2) is 18.2 Å². The van der Waals surface area contributed by atoms with E-state index in [1.165, 1.54) is 43.2 Å². The van der Waals surface area contributed by atoms with Crippen LogP contribution in [0.2, 0.25) is 5.02 Å². The Hall–Kier alpha value is -0.530. The summed E-state index contributed by atoms with van der Waals surface area (Å²) in [6, 6.07) is 7.22. The second kappa shape index (κ2) is 6.58. The van der Waals surface area contributed by atoms with Crippen LogP contribution in [-0.2, 0) is 0 Å². The van der Waals surface area contributed by atoms with Crippen LogP contribution in [0.4, 0.5) is 0 Å². The molecule has 18 heavy (non-hydrogen) atoms. The first-order valence-electron chi connectivity index (χ1n) is 7.21. The molecule has 0 saturated heterocycles. The Bertz CT molecular complexity index is 389. The normalized spacial score (nSPS) is 24.8. The average Bonchev–Trinajstić information content (AvgIpc) is 2.59. The summed E-state index contributed by atoms with van der Waals surface area (Å²) in [4.78, 5) is 0. The van der Waals surface area contributed by atoms with Crippen molar-refractivity contribution in [3.05, 3.63) is 34.3 Å². The Kier molecular flexibility index (Phi) is 5.08. The van der Waals surface area contributed by atoms with Gasteiger partial charge in [0.2, 0.25) is 0 Å². The molecule has 2 heteroatoms. The highest BCUT2D eigenvalue weighted by atomic mass is 35.5. The van der Waals surface area contributed by atoms with E-state index in [4.69, 9.17) is 11.6 Å². The Morgan fingerprint density at radius 2 is 2.00 bits per heavy atom. The lowest BCUT2D eigenvalue weighted by molar-refractivity contribution is 0.419. The number of likely N-dealkylation sites (N-methyl/N-ethyl adjacent to an activating group) is 1. The van der Waals surface area contributed by atoms with E-state index in [1.54, 1.807) is 0 Å². The van der Waals surface area contributed by atoms with Gasteiger partial charge in [-0.1, -0.05) is 49.9 Å². The smallest absolute Gasteiger partial charge is 0.0438 e. The van der Waals surface area contributed by atoms with Crippen molar-refractivity contribution in [1.29, 1.82) is 0 Å². The molecule has 1 aliphatic rings. The number of benzene rings is 1. The molecule has 1 aromatic carbocycles. The number of halogens is 1. The molecule has 0 radical (unpaired) electrons. The Labute approximate surface area is 116 Å². The zero-order valence-electron chi connectivity index (χ0n) is 11.5. The van der Waals surface area contributed by atoms with Crippen molar-refractivity contribution in [2.24, 2.45) is 0 Å². The van der Waals surface area contributed by atoms with Crippen molar-refractivity contribution in [3.63, 3.8) is 0 Å². The Balaban J connectivity index is 2.22. The lowest BCUT2D eigenvalue weighted by atomic mass is 9.87. The van der Waals surface area contributed by atoms with E-state index in [9.17, 15) is 0 Å². The summed E-state index contributed by atoms with van der Waals surface area (Å²) in [6.45, 7) is 5.33. The average molecular weight is 266 g/mol. The molecule has 0 heterocycles. The number of aryl methyl sites for hydroxylation is 1. The highest BCUT2D eigenvalue weighted by molar-refractivity contribution is 6.31. The maximum Gasteiger partial charge on any atom is 0.0438 e. The summed E-state index contributed by atoms with van der Waals surface area (Å²) in [7, 11) is 0.